The minimum absolute atomic E-state index is 0.134. The van der Waals surface area contributed by atoms with Crippen LogP contribution in [0.25, 0.3) is 0 Å². The Hall–Kier alpha value is -1.97. The maximum Gasteiger partial charge on any atom is 0.251 e. The molecule has 1 amide bonds. The molecule has 0 aromatic heterocycles. The van der Waals surface area contributed by atoms with Crippen molar-refractivity contribution in [3.63, 3.8) is 0 Å². The summed E-state index contributed by atoms with van der Waals surface area (Å²) in [5.74, 6) is 0.437. The van der Waals surface area contributed by atoms with Crippen LogP contribution in [0.4, 0.5) is 5.69 Å². The highest BCUT2D eigenvalue weighted by Gasteiger charge is 2.07. The summed E-state index contributed by atoms with van der Waals surface area (Å²) in [6.45, 7) is 8.49. The standard InChI is InChI=1S/C13H18N2O2/c1-4-15-13(16)10-5-6-12(11(14)7-10)17-8-9(2)3/h5-7H,2,4,8,14H2,1,3H3,(H,15,16). The number of carbonyl (C=O) groups excluding carboxylic acids is 1. The van der Waals surface area contributed by atoms with Crippen LogP contribution in [0, 0.1) is 0 Å². The number of ether oxygens (including phenoxy) is 1. The maximum atomic E-state index is 11.6. The minimum Gasteiger partial charge on any atom is -0.487 e. The molecule has 0 unspecified atom stereocenters. The SMILES string of the molecule is C=C(C)COc1ccc(C(=O)NCC)cc1N. The zero-order valence-corrected chi connectivity index (χ0v) is 10.2. The molecule has 1 aromatic rings. The van der Waals surface area contributed by atoms with E-state index in [0.717, 1.165) is 5.57 Å². The van der Waals surface area contributed by atoms with Gasteiger partial charge in [0.15, 0.2) is 0 Å². The number of rotatable bonds is 5. The molecule has 0 saturated carbocycles. The summed E-state index contributed by atoms with van der Waals surface area (Å²) in [5.41, 5.74) is 7.71. The van der Waals surface area contributed by atoms with E-state index in [0.29, 0.717) is 30.2 Å². The van der Waals surface area contributed by atoms with Crippen molar-refractivity contribution in [3.8, 4) is 5.75 Å². The minimum atomic E-state index is -0.134. The summed E-state index contributed by atoms with van der Waals surface area (Å²) in [7, 11) is 0. The van der Waals surface area contributed by atoms with Crippen LogP contribution in [0.5, 0.6) is 5.75 Å². The first kappa shape index (κ1) is 13.1. The smallest absolute Gasteiger partial charge is 0.251 e. The molecule has 0 spiro atoms. The van der Waals surface area contributed by atoms with E-state index in [1.165, 1.54) is 0 Å². The number of hydrogen-bond acceptors (Lipinski definition) is 3. The Morgan fingerprint density at radius 2 is 2.24 bits per heavy atom. The lowest BCUT2D eigenvalue weighted by atomic mass is 10.1. The molecule has 92 valence electrons. The predicted octanol–water partition coefficient (Wildman–Crippen LogP) is 1.97. The molecular formula is C13H18N2O2. The van der Waals surface area contributed by atoms with E-state index in [4.69, 9.17) is 10.5 Å². The summed E-state index contributed by atoms with van der Waals surface area (Å²) in [6.07, 6.45) is 0. The van der Waals surface area contributed by atoms with E-state index >= 15 is 0 Å². The summed E-state index contributed by atoms with van der Waals surface area (Å²) in [4.78, 5) is 11.6. The molecule has 1 rings (SSSR count). The first-order valence-electron chi connectivity index (χ1n) is 5.49. The van der Waals surface area contributed by atoms with E-state index in [9.17, 15) is 4.79 Å². The summed E-state index contributed by atoms with van der Waals surface area (Å²) >= 11 is 0. The average molecular weight is 234 g/mol. The van der Waals surface area contributed by atoms with Crippen molar-refractivity contribution in [2.75, 3.05) is 18.9 Å². The Labute approximate surface area is 101 Å². The number of anilines is 1. The normalized spacial score (nSPS) is 9.76. The van der Waals surface area contributed by atoms with Gasteiger partial charge in [0.2, 0.25) is 0 Å². The van der Waals surface area contributed by atoms with Gasteiger partial charge >= 0.3 is 0 Å². The first-order valence-corrected chi connectivity index (χ1v) is 5.49. The van der Waals surface area contributed by atoms with Gasteiger partial charge in [0.25, 0.3) is 5.91 Å². The molecule has 0 aliphatic carbocycles. The van der Waals surface area contributed by atoms with Crippen LogP contribution < -0.4 is 15.8 Å². The van der Waals surface area contributed by atoms with Gasteiger partial charge in [-0.15, -0.1) is 0 Å². The summed E-state index contributed by atoms with van der Waals surface area (Å²) in [5, 5.41) is 2.71. The molecular weight excluding hydrogens is 216 g/mol. The van der Waals surface area contributed by atoms with Crippen molar-refractivity contribution in [3.05, 3.63) is 35.9 Å². The molecule has 0 saturated heterocycles. The fourth-order valence-electron chi connectivity index (χ4n) is 1.28. The number of nitrogens with one attached hydrogen (secondary N) is 1. The molecule has 0 radical (unpaired) electrons. The Morgan fingerprint density at radius 3 is 2.76 bits per heavy atom. The molecule has 0 aliphatic rings. The lowest BCUT2D eigenvalue weighted by Gasteiger charge is -2.10. The summed E-state index contributed by atoms with van der Waals surface area (Å²) in [6, 6.07) is 5.00. The molecule has 1 aromatic carbocycles. The summed E-state index contributed by atoms with van der Waals surface area (Å²) < 4.78 is 5.44. The van der Waals surface area contributed by atoms with Crippen LogP contribution in [-0.4, -0.2) is 19.1 Å². The monoisotopic (exact) mass is 234 g/mol. The molecule has 4 nitrogen and oxygen atoms in total. The van der Waals surface area contributed by atoms with Gasteiger partial charge in [-0.25, -0.2) is 0 Å². The van der Waals surface area contributed by atoms with Crippen LogP contribution in [0.15, 0.2) is 30.4 Å². The molecule has 0 heterocycles. The molecule has 0 bridgehead atoms. The quantitative estimate of drug-likeness (QED) is 0.604. The van der Waals surface area contributed by atoms with Gasteiger partial charge in [-0.3, -0.25) is 4.79 Å². The van der Waals surface area contributed by atoms with E-state index in [1.807, 2.05) is 13.8 Å². The molecule has 0 fully saturated rings. The van der Waals surface area contributed by atoms with Gasteiger partial charge in [0, 0.05) is 12.1 Å². The van der Waals surface area contributed by atoms with Gasteiger partial charge in [0.05, 0.1) is 5.69 Å². The van der Waals surface area contributed by atoms with E-state index in [1.54, 1.807) is 18.2 Å². The lowest BCUT2D eigenvalue weighted by Crippen LogP contribution is -2.22. The van der Waals surface area contributed by atoms with Gasteiger partial charge in [0.1, 0.15) is 12.4 Å². The Bertz CT molecular complexity index is 427. The zero-order valence-electron chi connectivity index (χ0n) is 10.2. The molecule has 17 heavy (non-hydrogen) atoms. The van der Waals surface area contributed by atoms with E-state index in [2.05, 4.69) is 11.9 Å². The van der Waals surface area contributed by atoms with E-state index in [-0.39, 0.29) is 5.91 Å². The first-order chi connectivity index (χ1) is 8.04. The predicted molar refractivity (Wildman–Crippen MR) is 69.2 cm³/mol. The highest BCUT2D eigenvalue weighted by Crippen LogP contribution is 2.22. The second-order valence-corrected chi connectivity index (χ2v) is 3.86. The van der Waals surface area contributed by atoms with Crippen molar-refractivity contribution < 1.29 is 9.53 Å². The fraction of sp³-hybridized carbons (Fsp3) is 0.308. The van der Waals surface area contributed by atoms with Crippen LogP contribution in [0.3, 0.4) is 0 Å². The maximum absolute atomic E-state index is 11.6. The number of hydrogen-bond donors (Lipinski definition) is 2. The van der Waals surface area contributed by atoms with Gasteiger partial charge < -0.3 is 15.8 Å². The van der Waals surface area contributed by atoms with Gasteiger partial charge in [-0.1, -0.05) is 6.58 Å². The van der Waals surface area contributed by atoms with E-state index < -0.39 is 0 Å². The highest BCUT2D eigenvalue weighted by atomic mass is 16.5. The number of amides is 1. The third kappa shape index (κ3) is 3.83. The zero-order chi connectivity index (χ0) is 12.8. The van der Waals surface area contributed by atoms with Crippen LogP contribution in [0.2, 0.25) is 0 Å². The Balaban J connectivity index is 2.78. The molecule has 4 heteroatoms. The van der Waals surface area contributed by atoms with Gasteiger partial charge in [-0.05, 0) is 37.6 Å². The molecule has 0 atom stereocenters. The third-order valence-corrected chi connectivity index (χ3v) is 2.08. The number of nitrogens with two attached hydrogens (primary N) is 1. The topological polar surface area (TPSA) is 64.3 Å². The Morgan fingerprint density at radius 1 is 1.53 bits per heavy atom. The molecule has 3 N–H and O–H groups in total. The van der Waals surface area contributed by atoms with Gasteiger partial charge in [-0.2, -0.15) is 0 Å². The van der Waals surface area contributed by atoms with Crippen LogP contribution >= 0.6 is 0 Å². The van der Waals surface area contributed by atoms with Crippen molar-refractivity contribution in [2.24, 2.45) is 0 Å². The fourth-order valence-corrected chi connectivity index (χ4v) is 1.28. The van der Waals surface area contributed by atoms with Crippen LogP contribution in [0.1, 0.15) is 24.2 Å². The number of nitrogen functional groups attached to an aromatic ring is 1. The van der Waals surface area contributed by atoms with Crippen molar-refractivity contribution in [2.45, 2.75) is 13.8 Å². The second kappa shape index (κ2) is 5.94. The van der Waals surface area contributed by atoms with Crippen molar-refractivity contribution in [1.82, 2.24) is 5.32 Å². The average Bonchev–Trinajstić information content (AvgIpc) is 2.27. The van der Waals surface area contributed by atoms with Crippen molar-refractivity contribution >= 4 is 11.6 Å². The number of benzene rings is 1. The largest absolute Gasteiger partial charge is 0.487 e. The van der Waals surface area contributed by atoms with Crippen LogP contribution in [-0.2, 0) is 0 Å². The Kier molecular flexibility index (Phi) is 4.57. The second-order valence-electron chi connectivity index (χ2n) is 3.86. The molecule has 0 aliphatic heterocycles. The highest BCUT2D eigenvalue weighted by molar-refractivity contribution is 5.95. The lowest BCUT2D eigenvalue weighted by molar-refractivity contribution is 0.0956. The third-order valence-electron chi connectivity index (χ3n) is 2.08. The number of carbonyl (C=O) groups is 1. The van der Waals surface area contributed by atoms with Crippen molar-refractivity contribution in [1.29, 1.82) is 0 Å².